The summed E-state index contributed by atoms with van der Waals surface area (Å²) in [6.07, 6.45) is 0.146. The standard InChI is InChI=1S/C19H19ClN2O3S/c1-22(10-11-25-15-8-4-2-6-13(15)20)18(23)12-17-19(24)21-14-7-3-5-9-16(14)26-17/h2-9,17H,10-12H2,1H3,(H,21,24). The number of fused-ring (bicyclic) bond motifs is 1. The minimum atomic E-state index is -0.427. The summed E-state index contributed by atoms with van der Waals surface area (Å²) >= 11 is 7.46. The zero-order valence-electron chi connectivity index (χ0n) is 14.3. The lowest BCUT2D eigenvalue weighted by Crippen LogP contribution is -2.37. The van der Waals surface area contributed by atoms with Crippen LogP contribution in [-0.2, 0) is 9.59 Å². The Hall–Kier alpha value is -2.18. The minimum Gasteiger partial charge on any atom is -0.490 e. The van der Waals surface area contributed by atoms with Gasteiger partial charge in [0.05, 0.1) is 22.5 Å². The van der Waals surface area contributed by atoms with Crippen LogP contribution < -0.4 is 10.1 Å². The quantitative estimate of drug-likeness (QED) is 0.817. The van der Waals surface area contributed by atoms with E-state index in [1.807, 2.05) is 36.4 Å². The van der Waals surface area contributed by atoms with Gasteiger partial charge in [-0.15, -0.1) is 11.8 Å². The van der Waals surface area contributed by atoms with Crippen LogP contribution in [0.2, 0.25) is 5.02 Å². The largest absolute Gasteiger partial charge is 0.490 e. The number of nitrogens with one attached hydrogen (secondary N) is 1. The van der Waals surface area contributed by atoms with Gasteiger partial charge in [-0.3, -0.25) is 9.59 Å². The summed E-state index contributed by atoms with van der Waals surface area (Å²) in [7, 11) is 1.71. The maximum atomic E-state index is 12.4. The summed E-state index contributed by atoms with van der Waals surface area (Å²) in [5, 5.41) is 2.97. The number of anilines is 1. The third-order valence-corrected chi connectivity index (χ3v) is 5.60. The lowest BCUT2D eigenvalue weighted by atomic mass is 10.2. The predicted molar refractivity (Wildman–Crippen MR) is 104 cm³/mol. The zero-order chi connectivity index (χ0) is 18.5. The lowest BCUT2D eigenvalue weighted by molar-refractivity contribution is -0.131. The molecule has 0 radical (unpaired) electrons. The molecule has 2 amide bonds. The maximum Gasteiger partial charge on any atom is 0.238 e. The van der Waals surface area contributed by atoms with Gasteiger partial charge in [-0.1, -0.05) is 35.9 Å². The van der Waals surface area contributed by atoms with E-state index in [0.717, 1.165) is 10.6 Å². The van der Waals surface area contributed by atoms with E-state index in [1.54, 1.807) is 24.1 Å². The number of amides is 2. The van der Waals surface area contributed by atoms with E-state index in [2.05, 4.69) is 5.32 Å². The second-order valence-corrected chi connectivity index (χ2v) is 7.54. The molecule has 0 saturated heterocycles. The van der Waals surface area contributed by atoms with Gasteiger partial charge in [0.2, 0.25) is 11.8 Å². The highest BCUT2D eigenvalue weighted by molar-refractivity contribution is 8.01. The molecule has 1 aliphatic heterocycles. The van der Waals surface area contributed by atoms with Gasteiger partial charge in [0.15, 0.2) is 0 Å². The fraction of sp³-hybridized carbons (Fsp3) is 0.263. The Labute approximate surface area is 161 Å². The van der Waals surface area contributed by atoms with Crippen LogP contribution >= 0.6 is 23.4 Å². The molecule has 1 N–H and O–H groups in total. The van der Waals surface area contributed by atoms with Gasteiger partial charge in [-0.05, 0) is 24.3 Å². The smallest absolute Gasteiger partial charge is 0.238 e. The van der Waals surface area contributed by atoms with E-state index in [0.29, 0.717) is 23.9 Å². The second-order valence-electron chi connectivity index (χ2n) is 5.89. The van der Waals surface area contributed by atoms with Gasteiger partial charge < -0.3 is 15.0 Å². The van der Waals surface area contributed by atoms with E-state index in [1.165, 1.54) is 11.8 Å². The molecule has 136 valence electrons. The molecule has 7 heteroatoms. The highest BCUT2D eigenvalue weighted by Crippen LogP contribution is 2.36. The Balaban J connectivity index is 1.50. The first kappa shape index (κ1) is 18.6. The zero-order valence-corrected chi connectivity index (χ0v) is 15.8. The topological polar surface area (TPSA) is 58.6 Å². The van der Waals surface area contributed by atoms with E-state index in [4.69, 9.17) is 16.3 Å². The first-order chi connectivity index (χ1) is 12.5. The fourth-order valence-electron chi connectivity index (χ4n) is 2.52. The Bertz CT molecular complexity index is 815. The second kappa shape index (κ2) is 8.47. The average Bonchev–Trinajstić information content (AvgIpc) is 2.63. The van der Waals surface area contributed by atoms with Crippen molar-refractivity contribution in [2.24, 2.45) is 0 Å². The number of halogens is 1. The summed E-state index contributed by atoms with van der Waals surface area (Å²) in [6, 6.07) is 14.8. The average molecular weight is 391 g/mol. The van der Waals surface area contributed by atoms with Gasteiger partial charge in [-0.25, -0.2) is 0 Å². The molecule has 0 aromatic heterocycles. The van der Waals surface area contributed by atoms with Crippen LogP contribution in [0.5, 0.6) is 5.75 Å². The van der Waals surface area contributed by atoms with Crippen molar-refractivity contribution in [1.29, 1.82) is 0 Å². The molecule has 3 rings (SSSR count). The molecule has 2 aromatic carbocycles. The van der Waals surface area contributed by atoms with Crippen molar-refractivity contribution in [2.75, 3.05) is 25.5 Å². The van der Waals surface area contributed by atoms with Crippen LogP contribution in [0.15, 0.2) is 53.4 Å². The highest BCUT2D eigenvalue weighted by Gasteiger charge is 2.29. The molecule has 1 atom stereocenters. The monoisotopic (exact) mass is 390 g/mol. The molecule has 0 spiro atoms. The van der Waals surface area contributed by atoms with Crippen molar-refractivity contribution in [2.45, 2.75) is 16.6 Å². The molecule has 1 aliphatic rings. The third kappa shape index (κ3) is 4.51. The number of para-hydroxylation sites is 2. The molecule has 0 fully saturated rings. The Morgan fingerprint density at radius 3 is 2.77 bits per heavy atom. The summed E-state index contributed by atoms with van der Waals surface area (Å²) in [5.41, 5.74) is 0.799. The minimum absolute atomic E-state index is 0.0974. The van der Waals surface area contributed by atoms with Crippen molar-refractivity contribution >= 4 is 40.9 Å². The SMILES string of the molecule is CN(CCOc1ccccc1Cl)C(=O)CC1Sc2ccccc2NC1=O. The summed E-state index contributed by atoms with van der Waals surface area (Å²) in [5.74, 6) is 0.358. The van der Waals surface area contributed by atoms with Crippen LogP contribution in [0.4, 0.5) is 5.69 Å². The number of thioether (sulfide) groups is 1. The van der Waals surface area contributed by atoms with Crippen LogP contribution in [0.25, 0.3) is 0 Å². The lowest BCUT2D eigenvalue weighted by Gasteiger charge is -2.25. The number of ether oxygens (including phenoxy) is 1. The molecule has 1 heterocycles. The number of hydrogen-bond donors (Lipinski definition) is 1. The van der Waals surface area contributed by atoms with Gasteiger partial charge in [-0.2, -0.15) is 0 Å². The summed E-state index contributed by atoms with van der Waals surface area (Å²) < 4.78 is 5.60. The molecule has 0 aliphatic carbocycles. The number of nitrogens with zero attached hydrogens (tertiary/aromatic N) is 1. The number of benzene rings is 2. The molecule has 0 saturated carbocycles. The molecule has 2 aromatic rings. The van der Waals surface area contributed by atoms with Gasteiger partial charge in [0.25, 0.3) is 0 Å². The maximum absolute atomic E-state index is 12.4. The van der Waals surface area contributed by atoms with Crippen molar-refractivity contribution in [3.8, 4) is 5.75 Å². The van der Waals surface area contributed by atoms with Crippen LogP contribution in [0.1, 0.15) is 6.42 Å². The fourth-order valence-corrected chi connectivity index (χ4v) is 3.81. The summed E-state index contributed by atoms with van der Waals surface area (Å²) in [4.78, 5) is 27.2. The number of rotatable bonds is 6. The van der Waals surface area contributed by atoms with Gasteiger partial charge >= 0.3 is 0 Å². The number of carbonyl (C=O) groups excluding carboxylic acids is 2. The van der Waals surface area contributed by atoms with Crippen molar-refractivity contribution < 1.29 is 14.3 Å². The van der Waals surface area contributed by atoms with Crippen LogP contribution in [0.3, 0.4) is 0 Å². The van der Waals surface area contributed by atoms with E-state index < -0.39 is 5.25 Å². The number of hydrogen-bond acceptors (Lipinski definition) is 4. The number of carbonyl (C=O) groups is 2. The molecular formula is C19H19ClN2O3S. The van der Waals surface area contributed by atoms with E-state index in [9.17, 15) is 9.59 Å². The van der Waals surface area contributed by atoms with Crippen molar-refractivity contribution in [3.05, 3.63) is 53.6 Å². The highest BCUT2D eigenvalue weighted by atomic mass is 35.5. The molecule has 1 unspecified atom stereocenters. The molecule has 5 nitrogen and oxygen atoms in total. The van der Waals surface area contributed by atoms with Crippen LogP contribution in [-0.4, -0.2) is 42.2 Å². The van der Waals surface area contributed by atoms with Crippen molar-refractivity contribution in [3.63, 3.8) is 0 Å². The van der Waals surface area contributed by atoms with Crippen molar-refractivity contribution in [1.82, 2.24) is 4.90 Å². The van der Waals surface area contributed by atoms with Gasteiger partial charge in [0.1, 0.15) is 12.4 Å². The number of likely N-dealkylation sites (N-methyl/N-ethyl adjacent to an activating group) is 1. The third-order valence-electron chi connectivity index (χ3n) is 4.01. The van der Waals surface area contributed by atoms with Gasteiger partial charge in [0, 0.05) is 18.4 Å². The summed E-state index contributed by atoms with van der Waals surface area (Å²) in [6.45, 7) is 0.748. The molecule has 26 heavy (non-hydrogen) atoms. The van der Waals surface area contributed by atoms with E-state index in [-0.39, 0.29) is 18.2 Å². The first-order valence-electron chi connectivity index (χ1n) is 8.22. The Morgan fingerprint density at radius 1 is 1.23 bits per heavy atom. The molecular weight excluding hydrogens is 372 g/mol. The van der Waals surface area contributed by atoms with Crippen LogP contribution in [0, 0.1) is 0 Å². The molecule has 0 bridgehead atoms. The first-order valence-corrected chi connectivity index (χ1v) is 9.48. The Morgan fingerprint density at radius 2 is 1.96 bits per heavy atom. The van der Waals surface area contributed by atoms with E-state index >= 15 is 0 Å². The predicted octanol–water partition coefficient (Wildman–Crippen LogP) is 3.68. The Kier molecular flexibility index (Phi) is 6.06. The normalized spacial score (nSPS) is 15.8.